The molecular weight excluding hydrogens is 206 g/mol. The van der Waals surface area contributed by atoms with Gasteiger partial charge in [-0.1, -0.05) is 0 Å². The number of aryl methyl sites for hydroxylation is 1. The Balaban J connectivity index is 3.47. The van der Waals surface area contributed by atoms with Gasteiger partial charge in [-0.05, 0) is 24.6 Å². The van der Waals surface area contributed by atoms with Crippen molar-refractivity contribution >= 4 is 15.8 Å². The van der Waals surface area contributed by atoms with Crippen LogP contribution in [0.3, 0.4) is 0 Å². The van der Waals surface area contributed by atoms with Crippen LogP contribution in [0, 0.1) is 6.92 Å². The van der Waals surface area contributed by atoms with Gasteiger partial charge in [0.1, 0.15) is 10.6 Å². The molecule has 0 aliphatic carbocycles. The number of aromatic hydroxyl groups is 1. The molecule has 0 fully saturated rings. The molecule has 1 aromatic rings. The van der Waals surface area contributed by atoms with E-state index in [4.69, 9.17) is 4.55 Å². The molecule has 1 rings (SSSR count). The van der Waals surface area contributed by atoms with E-state index in [-0.39, 0.29) is 0 Å². The molecule has 0 bridgehead atoms. The molecule has 0 heterocycles. The highest BCUT2D eigenvalue weighted by molar-refractivity contribution is 7.86. The summed E-state index contributed by atoms with van der Waals surface area (Å²) in [6.45, 7) is 1.71. The van der Waals surface area contributed by atoms with Crippen molar-refractivity contribution in [3.63, 3.8) is 0 Å². The number of hydrogen-bond acceptors (Lipinski definition) is 4. The van der Waals surface area contributed by atoms with Crippen LogP contribution in [0.2, 0.25) is 0 Å². The molecular formula is C8H11NO4S. The summed E-state index contributed by atoms with van der Waals surface area (Å²) in [5, 5.41) is 12.0. The number of phenols is 1. The summed E-state index contributed by atoms with van der Waals surface area (Å²) in [6.07, 6.45) is 0. The molecule has 78 valence electrons. The minimum Gasteiger partial charge on any atom is -0.506 e. The van der Waals surface area contributed by atoms with Crippen molar-refractivity contribution in [3.8, 4) is 5.75 Å². The molecule has 0 saturated carbocycles. The van der Waals surface area contributed by atoms with Gasteiger partial charge in [-0.2, -0.15) is 8.42 Å². The molecule has 14 heavy (non-hydrogen) atoms. The van der Waals surface area contributed by atoms with Gasteiger partial charge in [0.2, 0.25) is 0 Å². The molecule has 0 atom stereocenters. The third-order valence-electron chi connectivity index (χ3n) is 1.85. The average Bonchev–Trinajstić information content (AvgIpc) is 2.02. The molecule has 3 N–H and O–H groups in total. The van der Waals surface area contributed by atoms with Gasteiger partial charge in [0.15, 0.2) is 0 Å². The number of rotatable bonds is 2. The first-order valence-electron chi connectivity index (χ1n) is 3.85. The number of phenolic OH excluding ortho intramolecular Hbond substituents is 1. The highest BCUT2D eigenvalue weighted by atomic mass is 32.2. The van der Waals surface area contributed by atoms with Crippen LogP contribution >= 0.6 is 0 Å². The first-order valence-corrected chi connectivity index (χ1v) is 5.29. The zero-order valence-corrected chi connectivity index (χ0v) is 8.59. The monoisotopic (exact) mass is 217 g/mol. The van der Waals surface area contributed by atoms with Gasteiger partial charge in [0.25, 0.3) is 10.1 Å². The fourth-order valence-electron chi connectivity index (χ4n) is 1.15. The van der Waals surface area contributed by atoms with Crippen LogP contribution in [0.5, 0.6) is 5.75 Å². The quantitative estimate of drug-likeness (QED) is 0.508. The summed E-state index contributed by atoms with van der Waals surface area (Å²) in [6, 6.07) is 2.45. The Morgan fingerprint density at radius 2 is 1.93 bits per heavy atom. The molecule has 0 aliphatic rings. The Hall–Kier alpha value is -1.27. The Morgan fingerprint density at radius 3 is 2.36 bits per heavy atom. The maximum Gasteiger partial charge on any atom is 0.298 e. The SMILES string of the molecule is CNc1cc(S(=O)(=O)O)c(O)cc1C. The highest BCUT2D eigenvalue weighted by Crippen LogP contribution is 2.28. The van der Waals surface area contributed by atoms with Crippen LogP contribution in [0.15, 0.2) is 17.0 Å². The van der Waals surface area contributed by atoms with E-state index in [0.717, 1.165) is 0 Å². The van der Waals surface area contributed by atoms with Gasteiger partial charge in [-0.25, -0.2) is 0 Å². The second kappa shape index (κ2) is 3.47. The lowest BCUT2D eigenvalue weighted by atomic mass is 10.2. The van der Waals surface area contributed by atoms with E-state index in [1.165, 1.54) is 12.1 Å². The smallest absolute Gasteiger partial charge is 0.298 e. The van der Waals surface area contributed by atoms with E-state index in [2.05, 4.69) is 5.32 Å². The fourth-order valence-corrected chi connectivity index (χ4v) is 1.74. The second-order valence-electron chi connectivity index (χ2n) is 2.86. The van der Waals surface area contributed by atoms with Crippen molar-refractivity contribution in [2.75, 3.05) is 12.4 Å². The van der Waals surface area contributed by atoms with Gasteiger partial charge >= 0.3 is 0 Å². The number of anilines is 1. The molecule has 0 amide bonds. The lowest BCUT2D eigenvalue weighted by Gasteiger charge is -2.08. The first kappa shape index (κ1) is 10.8. The Labute approximate surface area is 82.1 Å². The number of nitrogens with one attached hydrogen (secondary N) is 1. The van der Waals surface area contributed by atoms with Gasteiger partial charge in [-0.3, -0.25) is 4.55 Å². The zero-order valence-electron chi connectivity index (χ0n) is 7.77. The summed E-state index contributed by atoms with van der Waals surface area (Å²) >= 11 is 0. The average molecular weight is 217 g/mol. The first-order chi connectivity index (χ1) is 6.36. The summed E-state index contributed by atoms with van der Waals surface area (Å²) < 4.78 is 30.4. The maximum absolute atomic E-state index is 10.8. The van der Waals surface area contributed by atoms with Gasteiger partial charge in [0, 0.05) is 12.7 Å². The third kappa shape index (κ3) is 1.97. The number of benzene rings is 1. The molecule has 0 unspecified atom stereocenters. The minimum atomic E-state index is -4.37. The molecule has 0 saturated heterocycles. The van der Waals surface area contributed by atoms with Gasteiger partial charge in [-0.15, -0.1) is 0 Å². The molecule has 6 heteroatoms. The van der Waals surface area contributed by atoms with Crippen molar-refractivity contribution < 1.29 is 18.1 Å². The Morgan fingerprint density at radius 1 is 1.36 bits per heavy atom. The standard InChI is InChI=1S/C8H11NO4S/c1-5-3-7(10)8(14(11,12)13)4-6(5)9-2/h3-4,9-10H,1-2H3,(H,11,12,13). The fraction of sp³-hybridized carbons (Fsp3) is 0.250. The summed E-state index contributed by atoms with van der Waals surface area (Å²) in [4.78, 5) is -0.493. The largest absolute Gasteiger partial charge is 0.506 e. The van der Waals surface area contributed by atoms with Crippen molar-refractivity contribution in [2.45, 2.75) is 11.8 Å². The van der Waals surface area contributed by atoms with Crippen LogP contribution in [0.4, 0.5) is 5.69 Å². The zero-order chi connectivity index (χ0) is 10.9. The lowest BCUT2D eigenvalue weighted by molar-refractivity contribution is 0.443. The molecule has 0 radical (unpaired) electrons. The van der Waals surface area contributed by atoms with E-state index in [1.54, 1.807) is 14.0 Å². The predicted molar refractivity (Wildman–Crippen MR) is 52.2 cm³/mol. The minimum absolute atomic E-state index is 0.455. The van der Waals surface area contributed by atoms with E-state index < -0.39 is 20.8 Å². The van der Waals surface area contributed by atoms with Crippen molar-refractivity contribution in [2.24, 2.45) is 0 Å². The molecule has 0 aliphatic heterocycles. The summed E-state index contributed by atoms with van der Waals surface area (Å²) in [7, 11) is -2.75. The topological polar surface area (TPSA) is 86.6 Å². The molecule has 0 spiro atoms. The Kier molecular flexibility index (Phi) is 2.68. The van der Waals surface area contributed by atoms with Crippen LogP contribution < -0.4 is 5.32 Å². The Bertz CT molecular complexity index is 453. The molecule has 5 nitrogen and oxygen atoms in total. The van der Waals surface area contributed by atoms with Crippen molar-refractivity contribution in [1.82, 2.24) is 0 Å². The van der Waals surface area contributed by atoms with Gasteiger partial charge in [0.05, 0.1) is 0 Å². The summed E-state index contributed by atoms with van der Waals surface area (Å²) in [5.41, 5.74) is 1.23. The van der Waals surface area contributed by atoms with E-state index in [9.17, 15) is 13.5 Å². The van der Waals surface area contributed by atoms with Crippen LogP contribution in [0.1, 0.15) is 5.56 Å². The molecule has 0 aromatic heterocycles. The second-order valence-corrected chi connectivity index (χ2v) is 4.25. The number of hydrogen-bond donors (Lipinski definition) is 3. The normalized spacial score (nSPS) is 11.4. The van der Waals surface area contributed by atoms with E-state index in [1.807, 2.05) is 0 Å². The van der Waals surface area contributed by atoms with E-state index >= 15 is 0 Å². The van der Waals surface area contributed by atoms with Gasteiger partial charge < -0.3 is 10.4 Å². The van der Waals surface area contributed by atoms with Crippen molar-refractivity contribution in [1.29, 1.82) is 0 Å². The summed E-state index contributed by atoms with van der Waals surface area (Å²) in [5.74, 6) is -0.455. The van der Waals surface area contributed by atoms with E-state index in [0.29, 0.717) is 11.3 Å². The lowest BCUT2D eigenvalue weighted by Crippen LogP contribution is -2.01. The third-order valence-corrected chi connectivity index (χ3v) is 2.74. The van der Waals surface area contributed by atoms with Crippen molar-refractivity contribution in [3.05, 3.63) is 17.7 Å². The van der Waals surface area contributed by atoms with Crippen LogP contribution in [-0.4, -0.2) is 25.1 Å². The predicted octanol–water partition coefficient (Wildman–Crippen LogP) is 0.989. The van der Waals surface area contributed by atoms with Crippen LogP contribution in [0.25, 0.3) is 0 Å². The van der Waals surface area contributed by atoms with Crippen LogP contribution in [-0.2, 0) is 10.1 Å². The molecule has 1 aromatic carbocycles. The maximum atomic E-state index is 10.8. The highest BCUT2D eigenvalue weighted by Gasteiger charge is 2.16.